The van der Waals surface area contributed by atoms with Crippen LogP contribution in [-0.2, 0) is 14.3 Å². The molecule has 5 heteroatoms. The molecule has 1 atom stereocenters. The van der Waals surface area contributed by atoms with Crippen LogP contribution in [0, 0.1) is 11.8 Å². The van der Waals surface area contributed by atoms with Gasteiger partial charge in [0.1, 0.15) is 0 Å². The summed E-state index contributed by atoms with van der Waals surface area (Å²) in [4.78, 5) is 21.0. The molecule has 1 rings (SSSR count). The Morgan fingerprint density at radius 2 is 1.92 bits per heavy atom. The van der Waals surface area contributed by atoms with Crippen molar-refractivity contribution in [3.63, 3.8) is 0 Å². The molecule has 0 unspecified atom stereocenters. The van der Waals surface area contributed by atoms with E-state index in [0.29, 0.717) is 13.0 Å². The average molecular weight is 174 g/mol. The Bertz CT molecular complexity index is 180. The first-order valence-corrected chi connectivity index (χ1v) is 3.66. The molecule has 0 spiro atoms. The fraction of sp³-hybridized carbons (Fsp3) is 0.714. The van der Waals surface area contributed by atoms with Gasteiger partial charge in [-0.05, 0) is 6.42 Å². The molecule has 1 aliphatic rings. The van der Waals surface area contributed by atoms with E-state index in [1.54, 1.807) is 0 Å². The quantitative estimate of drug-likeness (QED) is 0.579. The lowest BCUT2D eigenvalue weighted by molar-refractivity contribution is -0.157. The van der Waals surface area contributed by atoms with Crippen molar-refractivity contribution in [1.82, 2.24) is 0 Å². The smallest absolute Gasteiger partial charge is 0.318 e. The Hall–Kier alpha value is -1.10. The van der Waals surface area contributed by atoms with Gasteiger partial charge < -0.3 is 14.9 Å². The zero-order valence-electron chi connectivity index (χ0n) is 6.40. The number of carbonyl (C=O) groups is 2. The van der Waals surface area contributed by atoms with E-state index in [2.05, 4.69) is 0 Å². The highest BCUT2D eigenvalue weighted by Crippen LogP contribution is 2.22. The van der Waals surface area contributed by atoms with Crippen molar-refractivity contribution in [2.75, 3.05) is 13.2 Å². The molecule has 1 aliphatic heterocycles. The Kier molecular flexibility index (Phi) is 2.65. The molecule has 2 N–H and O–H groups in total. The summed E-state index contributed by atoms with van der Waals surface area (Å²) < 4.78 is 4.91. The van der Waals surface area contributed by atoms with Crippen LogP contribution in [0.25, 0.3) is 0 Å². The molecule has 0 aromatic heterocycles. The molecule has 12 heavy (non-hydrogen) atoms. The van der Waals surface area contributed by atoms with Crippen LogP contribution in [0.15, 0.2) is 0 Å². The number of carboxylic acids is 2. The van der Waals surface area contributed by atoms with Crippen LogP contribution >= 0.6 is 0 Å². The highest BCUT2D eigenvalue weighted by Gasteiger charge is 2.36. The molecule has 0 aromatic rings. The van der Waals surface area contributed by atoms with Crippen LogP contribution in [0.4, 0.5) is 0 Å². The van der Waals surface area contributed by atoms with E-state index >= 15 is 0 Å². The molecule has 0 bridgehead atoms. The van der Waals surface area contributed by atoms with Crippen LogP contribution in [0.2, 0.25) is 0 Å². The van der Waals surface area contributed by atoms with Crippen molar-refractivity contribution < 1.29 is 24.5 Å². The molecular formula is C7H10O5. The minimum absolute atomic E-state index is 0.239. The second kappa shape index (κ2) is 3.53. The molecule has 0 aliphatic carbocycles. The maximum absolute atomic E-state index is 10.5. The second-order valence-corrected chi connectivity index (χ2v) is 2.78. The van der Waals surface area contributed by atoms with E-state index in [9.17, 15) is 9.59 Å². The lowest BCUT2D eigenvalue weighted by Gasteiger charge is -2.12. The monoisotopic (exact) mass is 174 g/mol. The number of ether oxygens (including phenoxy) is 1. The normalized spacial score (nSPS) is 22.9. The summed E-state index contributed by atoms with van der Waals surface area (Å²) in [5, 5.41) is 17.1. The number of carboxylic acid groups (broad SMARTS) is 2. The van der Waals surface area contributed by atoms with E-state index in [-0.39, 0.29) is 12.5 Å². The molecule has 5 nitrogen and oxygen atoms in total. The molecule has 0 saturated carbocycles. The number of hydrogen-bond donors (Lipinski definition) is 2. The average Bonchev–Trinajstić information content (AvgIpc) is 2.37. The Morgan fingerprint density at radius 1 is 1.33 bits per heavy atom. The highest BCUT2D eigenvalue weighted by molar-refractivity contribution is 5.93. The highest BCUT2D eigenvalue weighted by atomic mass is 16.5. The van der Waals surface area contributed by atoms with Crippen molar-refractivity contribution in [3.05, 3.63) is 0 Å². The second-order valence-electron chi connectivity index (χ2n) is 2.78. The molecule has 1 heterocycles. The van der Waals surface area contributed by atoms with Gasteiger partial charge in [0.05, 0.1) is 6.61 Å². The summed E-state index contributed by atoms with van der Waals surface area (Å²) in [5.41, 5.74) is 0. The molecule has 68 valence electrons. The van der Waals surface area contributed by atoms with Gasteiger partial charge in [0.2, 0.25) is 0 Å². The van der Waals surface area contributed by atoms with Crippen LogP contribution in [-0.4, -0.2) is 35.4 Å². The number of rotatable bonds is 3. The van der Waals surface area contributed by atoms with Crippen LogP contribution < -0.4 is 0 Å². The van der Waals surface area contributed by atoms with Crippen molar-refractivity contribution in [3.8, 4) is 0 Å². The van der Waals surface area contributed by atoms with Gasteiger partial charge in [0.25, 0.3) is 0 Å². The SMILES string of the molecule is O=C(O)C(C(=O)O)[C@@H]1CCOC1. The number of aliphatic carboxylic acids is 2. The van der Waals surface area contributed by atoms with E-state index in [4.69, 9.17) is 14.9 Å². The van der Waals surface area contributed by atoms with Crippen LogP contribution in [0.1, 0.15) is 6.42 Å². The van der Waals surface area contributed by atoms with Gasteiger partial charge in [-0.25, -0.2) is 0 Å². The van der Waals surface area contributed by atoms with Crippen molar-refractivity contribution in [1.29, 1.82) is 0 Å². The minimum Gasteiger partial charge on any atom is -0.481 e. The Balaban J connectivity index is 2.64. The lowest BCUT2D eigenvalue weighted by atomic mass is 9.92. The zero-order chi connectivity index (χ0) is 9.14. The predicted octanol–water partition coefficient (Wildman–Crippen LogP) is -0.192. The van der Waals surface area contributed by atoms with Gasteiger partial charge in [-0.15, -0.1) is 0 Å². The van der Waals surface area contributed by atoms with Crippen LogP contribution in [0.5, 0.6) is 0 Å². The first-order valence-electron chi connectivity index (χ1n) is 3.66. The van der Waals surface area contributed by atoms with Gasteiger partial charge >= 0.3 is 11.9 Å². The summed E-state index contributed by atoms with van der Waals surface area (Å²) in [5.74, 6) is -4.25. The lowest BCUT2D eigenvalue weighted by Crippen LogP contribution is -2.31. The Labute approximate surface area is 68.9 Å². The first kappa shape index (κ1) is 8.99. The molecule has 0 amide bonds. The molecule has 0 aromatic carbocycles. The van der Waals surface area contributed by atoms with E-state index in [1.807, 2.05) is 0 Å². The predicted molar refractivity (Wildman–Crippen MR) is 37.7 cm³/mol. The standard InChI is InChI=1S/C7H10O5/c8-6(9)5(7(10)11)4-1-2-12-3-4/h4-5H,1-3H2,(H,8,9)(H,10,11)/t4-/m1/s1. The maximum Gasteiger partial charge on any atom is 0.318 e. The zero-order valence-corrected chi connectivity index (χ0v) is 6.40. The molecular weight excluding hydrogens is 164 g/mol. The van der Waals surface area contributed by atoms with Gasteiger partial charge in [-0.2, -0.15) is 0 Å². The summed E-state index contributed by atoms with van der Waals surface area (Å²) in [6.45, 7) is 0.699. The summed E-state index contributed by atoms with van der Waals surface area (Å²) in [6.07, 6.45) is 0.517. The van der Waals surface area contributed by atoms with Gasteiger partial charge in [0.15, 0.2) is 5.92 Å². The van der Waals surface area contributed by atoms with Gasteiger partial charge in [-0.3, -0.25) is 9.59 Å². The van der Waals surface area contributed by atoms with E-state index in [0.717, 1.165) is 0 Å². The third-order valence-electron chi connectivity index (χ3n) is 1.97. The summed E-state index contributed by atoms with van der Waals surface area (Å²) >= 11 is 0. The Morgan fingerprint density at radius 3 is 2.25 bits per heavy atom. The van der Waals surface area contributed by atoms with E-state index < -0.39 is 17.9 Å². The molecule has 0 radical (unpaired) electrons. The largest absolute Gasteiger partial charge is 0.481 e. The molecule has 1 saturated heterocycles. The minimum atomic E-state index is -1.31. The maximum atomic E-state index is 10.5. The van der Waals surface area contributed by atoms with Crippen molar-refractivity contribution in [2.24, 2.45) is 11.8 Å². The molecule has 1 fully saturated rings. The number of hydrogen-bond acceptors (Lipinski definition) is 3. The third-order valence-corrected chi connectivity index (χ3v) is 1.97. The first-order chi connectivity index (χ1) is 5.63. The topological polar surface area (TPSA) is 83.8 Å². The van der Waals surface area contributed by atoms with Crippen LogP contribution in [0.3, 0.4) is 0 Å². The fourth-order valence-corrected chi connectivity index (χ4v) is 1.32. The third kappa shape index (κ3) is 1.73. The van der Waals surface area contributed by atoms with Crippen molar-refractivity contribution in [2.45, 2.75) is 6.42 Å². The van der Waals surface area contributed by atoms with E-state index in [1.165, 1.54) is 0 Å². The van der Waals surface area contributed by atoms with Gasteiger partial charge in [-0.1, -0.05) is 0 Å². The van der Waals surface area contributed by atoms with Crippen molar-refractivity contribution >= 4 is 11.9 Å². The summed E-state index contributed by atoms with van der Waals surface area (Å²) in [6, 6.07) is 0. The van der Waals surface area contributed by atoms with Gasteiger partial charge in [0, 0.05) is 12.5 Å². The summed E-state index contributed by atoms with van der Waals surface area (Å²) in [7, 11) is 0. The fourth-order valence-electron chi connectivity index (χ4n) is 1.32.